The molecule has 0 radical (unpaired) electrons. The predicted octanol–water partition coefficient (Wildman–Crippen LogP) is -0.701. The molecule has 0 bridgehead atoms. The van der Waals surface area contributed by atoms with Crippen molar-refractivity contribution in [3.05, 3.63) is 36.4 Å². The molecule has 8 heteroatoms. The number of rotatable bonds is 7. The van der Waals surface area contributed by atoms with Gasteiger partial charge in [0.1, 0.15) is 12.4 Å². The van der Waals surface area contributed by atoms with Crippen LogP contribution >= 0.6 is 11.8 Å². The van der Waals surface area contributed by atoms with Crippen molar-refractivity contribution in [2.45, 2.75) is 17.9 Å². The van der Waals surface area contributed by atoms with Crippen LogP contribution in [0.4, 0.5) is 0 Å². The fourth-order valence-corrected chi connectivity index (χ4v) is 1.50. The fraction of sp³-hybridized carbons (Fsp3) is 0.286. The number of nitrogens with one attached hydrogen (secondary N) is 1. The highest BCUT2D eigenvalue weighted by Gasteiger charge is 2.01. The largest absolute Gasteiger partial charge is 0.545 e. The normalized spacial score (nSPS) is 11.4. The Morgan fingerprint density at radius 3 is 2.36 bits per heavy atom. The molecule has 0 saturated carbocycles. The molecule has 0 fully saturated rings. The molecule has 1 unspecified atom stereocenters. The number of carbonyl (C=O) groups excluding carboxylic acids is 1. The van der Waals surface area contributed by atoms with Crippen molar-refractivity contribution in [2.24, 2.45) is 0 Å². The summed E-state index contributed by atoms with van der Waals surface area (Å²) in [6.45, 7) is 2.67. The van der Waals surface area contributed by atoms with Gasteiger partial charge >= 0.3 is 5.97 Å². The van der Waals surface area contributed by atoms with Gasteiger partial charge in [-0.25, -0.2) is 4.79 Å². The van der Waals surface area contributed by atoms with Crippen molar-refractivity contribution in [3.63, 3.8) is 0 Å². The molecule has 1 aromatic rings. The van der Waals surface area contributed by atoms with Crippen LogP contribution in [0, 0.1) is 0 Å². The van der Waals surface area contributed by atoms with Gasteiger partial charge in [0.2, 0.25) is 0 Å². The third-order valence-corrected chi connectivity index (χ3v) is 3.01. The summed E-state index contributed by atoms with van der Waals surface area (Å²) in [6, 6.07) is 8.36. The molecule has 5 N–H and O–H groups in total. The quantitative estimate of drug-likeness (QED) is 0.343. The molecule has 0 spiro atoms. The number of aliphatic carboxylic acids is 2. The number of carboxylic acid groups (broad SMARTS) is 2. The lowest BCUT2D eigenvalue weighted by atomic mass is 10.3. The molecular weight excluding hydrogens is 308 g/mol. The standard InChI is InChI=1S/C10H16N2OS.C4H4O4/c1-8(12-11)7-13-9-3-5-10(14-2)6-4-9;5-3(6)1-2-4(7)8/h3-6,8,12H,7,11H2,1-2H3;1-2H,(H,5,6)(H,7,8)/b;2-1-. The second-order valence-corrected chi connectivity index (χ2v) is 4.96. The topological polar surface area (TPSA) is 126 Å². The van der Waals surface area contributed by atoms with E-state index in [-0.39, 0.29) is 6.04 Å². The first-order chi connectivity index (χ1) is 10.4. The first kappa shape index (κ1) is 20.0. The maximum atomic E-state index is 9.53. The van der Waals surface area contributed by atoms with E-state index in [2.05, 4.69) is 29.7 Å². The maximum Gasteiger partial charge on any atom is 0.328 e. The highest BCUT2D eigenvalue weighted by atomic mass is 32.2. The van der Waals surface area contributed by atoms with Crippen molar-refractivity contribution >= 4 is 23.7 Å². The Balaban J connectivity index is 0.000000472. The van der Waals surface area contributed by atoms with Crippen LogP contribution in [0.25, 0.3) is 0 Å². The van der Waals surface area contributed by atoms with E-state index in [9.17, 15) is 14.7 Å². The molecule has 0 amide bonds. The monoisotopic (exact) mass is 328 g/mol. The summed E-state index contributed by atoms with van der Waals surface area (Å²) >= 11 is 1.73. The molecule has 22 heavy (non-hydrogen) atoms. The number of quaternary nitrogens is 1. The first-order valence-electron chi connectivity index (χ1n) is 6.30. The van der Waals surface area contributed by atoms with E-state index in [1.807, 2.05) is 19.1 Å². The van der Waals surface area contributed by atoms with Crippen LogP contribution in [-0.4, -0.2) is 35.9 Å². The highest BCUT2D eigenvalue weighted by Crippen LogP contribution is 2.18. The van der Waals surface area contributed by atoms with Gasteiger partial charge in [0.15, 0.2) is 0 Å². The summed E-state index contributed by atoms with van der Waals surface area (Å²) in [7, 11) is 0. The van der Waals surface area contributed by atoms with Crippen molar-refractivity contribution in [1.29, 1.82) is 0 Å². The second-order valence-electron chi connectivity index (χ2n) is 4.08. The molecule has 122 valence electrons. The highest BCUT2D eigenvalue weighted by molar-refractivity contribution is 7.98. The zero-order chi connectivity index (χ0) is 17.0. The number of carbonyl (C=O) groups is 2. The Labute approximate surface area is 133 Å². The van der Waals surface area contributed by atoms with Gasteiger partial charge < -0.3 is 19.7 Å². The average Bonchev–Trinajstić information content (AvgIpc) is 2.51. The Morgan fingerprint density at radius 2 is 2.00 bits per heavy atom. The van der Waals surface area contributed by atoms with Crippen LogP contribution in [-0.2, 0) is 9.59 Å². The van der Waals surface area contributed by atoms with Crippen molar-refractivity contribution in [3.8, 4) is 5.75 Å². The van der Waals surface area contributed by atoms with Gasteiger partial charge in [0, 0.05) is 11.0 Å². The number of carboxylic acids is 2. The Kier molecular flexibility index (Phi) is 10.5. The molecular formula is C14H20N2O5S. The minimum absolute atomic E-state index is 0.273. The lowest BCUT2D eigenvalue weighted by molar-refractivity contribution is -0.451. The smallest absolute Gasteiger partial charge is 0.328 e. The zero-order valence-corrected chi connectivity index (χ0v) is 13.3. The van der Waals surface area contributed by atoms with Crippen LogP contribution in [0.2, 0.25) is 0 Å². The molecule has 0 aliphatic heterocycles. The van der Waals surface area contributed by atoms with Crippen LogP contribution in [0.1, 0.15) is 6.92 Å². The molecule has 0 saturated heterocycles. The first-order valence-corrected chi connectivity index (χ1v) is 7.53. The van der Waals surface area contributed by atoms with Gasteiger partial charge in [-0.05, 0) is 43.5 Å². The van der Waals surface area contributed by atoms with Crippen molar-refractivity contribution in [1.82, 2.24) is 5.43 Å². The number of benzene rings is 1. The Hall–Kier alpha value is -2.03. The van der Waals surface area contributed by atoms with Gasteiger partial charge in [-0.2, -0.15) is 5.43 Å². The molecule has 0 heterocycles. The minimum Gasteiger partial charge on any atom is -0.545 e. The molecule has 0 aromatic heterocycles. The number of hydrogen-bond acceptors (Lipinski definition) is 6. The van der Waals surface area contributed by atoms with Gasteiger partial charge in [0.25, 0.3) is 0 Å². The fourth-order valence-electron chi connectivity index (χ4n) is 1.09. The minimum atomic E-state index is -1.51. The van der Waals surface area contributed by atoms with Crippen molar-refractivity contribution in [2.75, 3.05) is 12.9 Å². The molecule has 0 aliphatic carbocycles. The van der Waals surface area contributed by atoms with E-state index in [1.54, 1.807) is 11.8 Å². The average molecular weight is 328 g/mol. The number of thioether (sulfide) groups is 1. The summed E-state index contributed by atoms with van der Waals surface area (Å²) in [5, 5.41) is 17.2. The summed E-state index contributed by atoms with van der Waals surface area (Å²) < 4.78 is 5.55. The third kappa shape index (κ3) is 10.7. The molecule has 1 rings (SSSR count). The Morgan fingerprint density at radius 1 is 1.41 bits per heavy atom. The summed E-state index contributed by atoms with van der Waals surface area (Å²) in [6.07, 6.45) is 3.00. The van der Waals surface area contributed by atoms with Gasteiger partial charge in [0.05, 0.1) is 12.0 Å². The van der Waals surface area contributed by atoms with Crippen LogP contribution in [0.15, 0.2) is 41.3 Å². The summed E-state index contributed by atoms with van der Waals surface area (Å²) in [5.74, 6) is 1.70. The lowest BCUT2D eigenvalue weighted by Gasteiger charge is -2.10. The van der Waals surface area contributed by atoms with Gasteiger partial charge in [-0.3, -0.25) is 5.84 Å². The van der Waals surface area contributed by atoms with Gasteiger partial charge in [-0.15, -0.1) is 11.8 Å². The van der Waals surface area contributed by atoms with Crippen LogP contribution in [0.3, 0.4) is 0 Å². The molecule has 1 atom stereocenters. The zero-order valence-electron chi connectivity index (χ0n) is 12.4. The summed E-state index contributed by atoms with van der Waals surface area (Å²) in [5.41, 5.74) is 2.88. The predicted molar refractivity (Wildman–Crippen MR) is 81.0 cm³/mol. The molecule has 7 nitrogen and oxygen atoms in total. The van der Waals surface area contributed by atoms with Crippen molar-refractivity contribution < 1.29 is 30.4 Å². The SMILES string of the molecule is CSc1ccc(OCC(C)N[NH3+])cc1.O=C([O-])/C=C\C(=O)O. The van der Waals surface area contributed by atoms with Crippen LogP contribution in [0.5, 0.6) is 5.75 Å². The molecule has 0 aliphatic rings. The number of ether oxygens (including phenoxy) is 1. The van der Waals surface area contributed by atoms with E-state index >= 15 is 0 Å². The molecule has 1 aromatic carbocycles. The van der Waals surface area contributed by atoms with E-state index in [1.165, 1.54) is 4.90 Å². The third-order valence-electron chi connectivity index (χ3n) is 2.27. The lowest BCUT2D eigenvalue weighted by Crippen LogP contribution is -2.69. The number of hydrogen-bond donors (Lipinski definition) is 3. The Bertz CT molecular complexity index is 475. The van der Waals surface area contributed by atoms with Gasteiger partial charge in [-0.1, -0.05) is 0 Å². The van der Waals surface area contributed by atoms with E-state index in [4.69, 9.17) is 9.84 Å². The summed E-state index contributed by atoms with van der Waals surface area (Å²) in [4.78, 5) is 20.2. The van der Waals surface area contributed by atoms with E-state index in [0.29, 0.717) is 18.8 Å². The van der Waals surface area contributed by atoms with E-state index < -0.39 is 11.9 Å². The van der Waals surface area contributed by atoms with Crippen LogP contribution < -0.4 is 21.1 Å². The maximum absolute atomic E-state index is 9.53. The van der Waals surface area contributed by atoms with E-state index in [0.717, 1.165) is 5.75 Å². The second kappa shape index (κ2) is 11.6.